The molecule has 25 heteroatoms. The average Bonchev–Trinajstić information content (AvgIpc) is 2.50. The number of methoxy groups -OCH3 is 1. The molecule has 0 aromatic carbocycles. The van der Waals surface area contributed by atoms with E-state index in [0.29, 0.717) is 12.8 Å². The number of hydrogen-bond acceptors (Lipinski definition) is 24. The van der Waals surface area contributed by atoms with Gasteiger partial charge in [-0.15, -0.1) is 0 Å². The highest BCUT2D eigenvalue weighted by Crippen LogP contribution is 2.44. The van der Waals surface area contributed by atoms with Crippen LogP contribution in [0.1, 0.15) is 121 Å². The Labute approximate surface area is 484 Å². The Hall–Kier alpha value is -2.19. The van der Waals surface area contributed by atoms with Crippen molar-refractivity contribution in [3.63, 3.8) is 0 Å². The second-order valence-corrected chi connectivity index (χ2v) is 25.7. The molecule has 0 spiro atoms. The highest BCUT2D eigenvalue weighted by atomic mass is 16.8. The Morgan fingerprint density at radius 1 is 0.793 bits per heavy atom. The van der Waals surface area contributed by atoms with Crippen LogP contribution in [-0.4, -0.2) is 268 Å². The Morgan fingerprint density at radius 2 is 1.46 bits per heavy atom. The number of fused-ring (bicyclic) bond motifs is 2. The summed E-state index contributed by atoms with van der Waals surface area (Å²) >= 11 is 0. The van der Waals surface area contributed by atoms with Crippen molar-refractivity contribution in [1.82, 2.24) is 25.8 Å². The molecule has 9 unspecified atom stereocenters. The third kappa shape index (κ3) is 14.7. The Balaban J connectivity index is 1.19. The number of ether oxygens (including phenoxy) is 9. The molecule has 0 aromatic heterocycles. The molecular formula is C57H103N5O20. The lowest BCUT2D eigenvalue weighted by Gasteiger charge is -2.56. The van der Waals surface area contributed by atoms with Crippen molar-refractivity contribution in [2.75, 3.05) is 54.9 Å². The topological polar surface area (TPSA) is 339 Å². The van der Waals surface area contributed by atoms with Gasteiger partial charge >= 0.3 is 5.97 Å². The number of Topliss-reactive ketones (excluding diaryl/α,β-unsaturated/α-hetero) is 1. The molecule has 5 saturated heterocycles. The zero-order chi connectivity index (χ0) is 61.3. The maximum Gasteiger partial charge on any atom is 0.311 e. The summed E-state index contributed by atoms with van der Waals surface area (Å²) in [5, 5.41) is 104. The van der Waals surface area contributed by atoms with E-state index in [1.807, 2.05) is 32.8 Å². The molecule has 1 saturated carbocycles. The Morgan fingerprint density at radius 3 is 2.09 bits per heavy atom. The van der Waals surface area contributed by atoms with Gasteiger partial charge in [-0.25, -0.2) is 0 Å². The van der Waals surface area contributed by atoms with Gasteiger partial charge in [-0.05, 0) is 115 Å². The molecule has 28 atom stereocenters. The molecule has 6 fully saturated rings. The highest BCUT2D eigenvalue weighted by molar-refractivity contribution is 5.87. The van der Waals surface area contributed by atoms with Crippen LogP contribution < -0.4 is 16.0 Å². The summed E-state index contributed by atoms with van der Waals surface area (Å²) in [5.74, 6) is -7.35. The summed E-state index contributed by atoms with van der Waals surface area (Å²) in [6.07, 6.45) is -16.5. The van der Waals surface area contributed by atoms with Crippen molar-refractivity contribution in [3.8, 4) is 0 Å². The van der Waals surface area contributed by atoms with Crippen LogP contribution in [0.15, 0.2) is 0 Å². The number of esters is 1. The van der Waals surface area contributed by atoms with Gasteiger partial charge in [0.25, 0.3) is 5.79 Å². The first-order valence-electron chi connectivity index (χ1n) is 29.7. The molecule has 6 rings (SSSR count). The van der Waals surface area contributed by atoms with Crippen LogP contribution in [0.3, 0.4) is 0 Å². The molecule has 82 heavy (non-hydrogen) atoms. The summed E-state index contributed by atoms with van der Waals surface area (Å²) in [4.78, 5) is 44.5. The summed E-state index contributed by atoms with van der Waals surface area (Å²) in [5.41, 5.74) is -4.90. The van der Waals surface area contributed by atoms with E-state index in [9.17, 15) is 55.2 Å². The Kier molecular flexibility index (Phi) is 23.4. The maximum absolute atomic E-state index is 14.6. The monoisotopic (exact) mass is 1180 g/mol. The van der Waals surface area contributed by atoms with E-state index in [0.717, 1.165) is 0 Å². The van der Waals surface area contributed by atoms with Crippen LogP contribution in [0.2, 0.25) is 0 Å². The number of aliphatic hydroxyl groups is 8. The smallest absolute Gasteiger partial charge is 0.311 e. The van der Waals surface area contributed by atoms with E-state index in [1.165, 1.54) is 14.0 Å². The van der Waals surface area contributed by atoms with Gasteiger partial charge in [0.1, 0.15) is 42.2 Å². The number of rotatable bonds is 17. The molecular weight excluding hydrogens is 1070 g/mol. The molecule has 6 aliphatic rings. The summed E-state index contributed by atoms with van der Waals surface area (Å²) in [7, 11) is 8.46. The first-order chi connectivity index (χ1) is 38.2. The standard InChI is InChI=1S/C57H103N5O20/c1-17-36-56(11,72)48(68)30(5)39(60-21-20-59-37(64)19-18-22-62(15)41-43(66)40(58-12)46-47(44(41)67)80-53-57(73,82-46)35(63)24-29(4)76-53)27(2)25-54(9,71)50(81-52-42(65)34(61(13)14)23-28(3)75-52)31(6)45(32(7)51(70)78-36)79-38-26-55(10,74-16)49(69)33(8)77-38/h27-34,36,38-50,52-53,58,60,65-69,71-73H,17-26H2,1-16H3,(H,59,64)/t27-,28?,29-,30+,31?,32-,33?,34?,36-,38?,39+,40+,41-,42?,43-,44+,45+,46-,47-,48-,49?,50-,52?,53+,54-,55?,56-,57+/m1/s1. The predicted octanol–water partition coefficient (Wildman–Crippen LogP) is -1.13. The molecule has 1 amide bonds. The summed E-state index contributed by atoms with van der Waals surface area (Å²) in [6, 6.07) is -2.81. The second-order valence-electron chi connectivity index (χ2n) is 25.7. The lowest BCUT2D eigenvalue weighted by molar-refractivity contribution is -0.421. The normalized spacial score (nSPS) is 48.2. The van der Waals surface area contributed by atoms with Crippen molar-refractivity contribution in [2.45, 2.75) is 266 Å². The largest absolute Gasteiger partial charge is 0.459 e. The first kappa shape index (κ1) is 68.9. The van der Waals surface area contributed by atoms with Crippen LogP contribution in [0, 0.1) is 23.7 Å². The van der Waals surface area contributed by atoms with Gasteiger partial charge in [-0.3, -0.25) is 19.3 Å². The molecule has 11 N–H and O–H groups in total. The molecule has 0 radical (unpaired) electrons. The number of hydrogen-bond donors (Lipinski definition) is 11. The van der Waals surface area contributed by atoms with Gasteiger partial charge in [0.2, 0.25) is 12.2 Å². The fraction of sp³-hybridized carbons (Fsp3) is 0.947. The summed E-state index contributed by atoms with van der Waals surface area (Å²) < 4.78 is 55.8. The number of likely N-dealkylation sites (N-methyl/N-ethyl adjacent to an activating group) is 3. The highest BCUT2D eigenvalue weighted by Gasteiger charge is 2.64. The number of nitrogens with zero attached hydrogens (tertiary/aromatic N) is 2. The van der Waals surface area contributed by atoms with Crippen molar-refractivity contribution in [2.24, 2.45) is 23.7 Å². The number of carbonyl (C=O) groups excluding carboxylic acids is 3. The number of aliphatic hydroxyl groups excluding tert-OH is 5. The predicted molar refractivity (Wildman–Crippen MR) is 295 cm³/mol. The molecule has 0 bridgehead atoms. The molecule has 25 nitrogen and oxygen atoms in total. The van der Waals surface area contributed by atoms with Gasteiger partial charge in [-0.2, -0.15) is 0 Å². The van der Waals surface area contributed by atoms with E-state index in [-0.39, 0.29) is 69.8 Å². The van der Waals surface area contributed by atoms with Crippen LogP contribution in [0.4, 0.5) is 0 Å². The third-order valence-electron chi connectivity index (χ3n) is 18.9. The maximum atomic E-state index is 14.6. The second kappa shape index (κ2) is 27.9. The lowest BCUT2D eigenvalue weighted by atomic mass is 9.72. The number of cyclic esters (lactones) is 1. The fourth-order valence-corrected chi connectivity index (χ4v) is 14.0. The van der Waals surface area contributed by atoms with Gasteiger partial charge < -0.3 is 104 Å². The van der Waals surface area contributed by atoms with Crippen molar-refractivity contribution >= 4 is 17.7 Å². The number of nitrogens with one attached hydrogen (secondary N) is 3. The van der Waals surface area contributed by atoms with E-state index >= 15 is 0 Å². The van der Waals surface area contributed by atoms with Crippen LogP contribution in [0.25, 0.3) is 0 Å². The third-order valence-corrected chi connectivity index (χ3v) is 18.9. The molecule has 1 aliphatic carbocycles. The average molecular weight is 1180 g/mol. The zero-order valence-electron chi connectivity index (χ0n) is 51.3. The quantitative estimate of drug-likeness (QED) is 0.0606. The SMILES string of the molecule is CC[C@H]1OC(=O)[C@H](C)[C@@H](OC2CC(C)(OC)C(O)C(C)O2)C(C)[C@@H](OC2OC(C)CC(N(C)C)C2O)[C@](C)(O)C[C@@H](C)[C@H](NCCNC(=O)CCCN(C)[C@@H]2[C@H](O)[C@H](NC)[C@H]3O[C@@]4(O)C(=O)C[C@@H](C)O[C@H]4O[C@@H]3[C@H]2O)[C@H](C)[C@@H](O)[C@]1(C)O. The van der Waals surface area contributed by atoms with Gasteiger partial charge in [0.05, 0.1) is 71.9 Å². The number of carbonyl (C=O) groups is 3. The fourth-order valence-electron chi connectivity index (χ4n) is 14.0. The van der Waals surface area contributed by atoms with E-state index in [4.69, 9.17) is 42.6 Å². The Bertz CT molecular complexity index is 2100. The van der Waals surface area contributed by atoms with Crippen LogP contribution >= 0.6 is 0 Å². The molecule has 5 aliphatic heterocycles. The van der Waals surface area contributed by atoms with Crippen LogP contribution in [-0.2, 0) is 57.0 Å². The lowest BCUT2D eigenvalue weighted by Crippen LogP contribution is -2.77. The number of ketones is 1. The minimum atomic E-state index is -2.40. The van der Waals surface area contributed by atoms with Crippen LogP contribution in [0.5, 0.6) is 0 Å². The van der Waals surface area contributed by atoms with Gasteiger partial charge in [0, 0.05) is 63.4 Å². The zero-order valence-corrected chi connectivity index (χ0v) is 51.3. The van der Waals surface area contributed by atoms with Gasteiger partial charge in [-0.1, -0.05) is 27.7 Å². The molecule has 0 aromatic rings. The van der Waals surface area contributed by atoms with E-state index in [2.05, 4.69) is 16.0 Å². The van der Waals surface area contributed by atoms with Crippen molar-refractivity contribution in [3.05, 3.63) is 0 Å². The van der Waals surface area contributed by atoms with E-state index < -0.39 is 168 Å². The molecule has 5 heterocycles. The van der Waals surface area contributed by atoms with E-state index in [1.54, 1.807) is 74.4 Å². The van der Waals surface area contributed by atoms with Gasteiger partial charge in [0.15, 0.2) is 18.4 Å². The minimum absolute atomic E-state index is 0.00264. The summed E-state index contributed by atoms with van der Waals surface area (Å²) in [6.45, 7) is 19.3. The van der Waals surface area contributed by atoms with Crippen molar-refractivity contribution < 1.29 is 97.9 Å². The minimum Gasteiger partial charge on any atom is -0.459 e. The molecule has 476 valence electrons. The first-order valence-corrected chi connectivity index (χ1v) is 29.7. The van der Waals surface area contributed by atoms with Crippen molar-refractivity contribution in [1.29, 1.82) is 0 Å². The number of amides is 1.